The van der Waals surface area contributed by atoms with Gasteiger partial charge in [0.1, 0.15) is 11.9 Å². The number of oxazole rings is 1. The van der Waals surface area contributed by atoms with Gasteiger partial charge >= 0.3 is 0 Å². The number of hydrogen-bond acceptors (Lipinski definition) is 7. The van der Waals surface area contributed by atoms with Crippen LogP contribution in [0.1, 0.15) is 62.5 Å². The summed E-state index contributed by atoms with van der Waals surface area (Å²) in [4.78, 5) is 58.6. The summed E-state index contributed by atoms with van der Waals surface area (Å²) in [6, 6.07) is 32.2. The normalized spacial score (nSPS) is 12.4. The van der Waals surface area contributed by atoms with Crippen LogP contribution in [-0.2, 0) is 20.9 Å². The molecule has 0 radical (unpaired) electrons. The summed E-state index contributed by atoms with van der Waals surface area (Å²) in [5.74, 6) is 0.980. The van der Waals surface area contributed by atoms with Crippen molar-refractivity contribution in [1.29, 1.82) is 0 Å². The Bertz CT molecular complexity index is 2210. The van der Waals surface area contributed by atoms with Crippen molar-refractivity contribution in [3.8, 4) is 22.8 Å². The van der Waals surface area contributed by atoms with Crippen molar-refractivity contribution in [2.24, 2.45) is 0 Å². The zero-order valence-corrected chi connectivity index (χ0v) is 32.2. The predicted molar refractivity (Wildman–Crippen MR) is 216 cm³/mol. The Morgan fingerprint density at radius 3 is 2.16 bits per heavy atom. The lowest BCUT2D eigenvalue weighted by Gasteiger charge is -2.30. The van der Waals surface area contributed by atoms with E-state index in [1.807, 2.05) is 135 Å². The van der Waals surface area contributed by atoms with Crippen LogP contribution < -0.4 is 5.32 Å². The van der Waals surface area contributed by atoms with Gasteiger partial charge in [-0.15, -0.1) is 0 Å². The van der Waals surface area contributed by atoms with Crippen LogP contribution in [0, 0.1) is 0 Å². The molecule has 0 saturated heterocycles. The maximum atomic E-state index is 13.9. The number of H-pyrrole nitrogens is 1. The van der Waals surface area contributed by atoms with Crippen LogP contribution in [-0.4, -0.2) is 81.1 Å². The molecule has 6 aromatic rings. The van der Waals surface area contributed by atoms with Gasteiger partial charge in [-0.1, -0.05) is 86.6 Å². The van der Waals surface area contributed by atoms with E-state index in [9.17, 15) is 14.4 Å². The van der Waals surface area contributed by atoms with Crippen molar-refractivity contribution in [2.45, 2.75) is 52.1 Å². The molecule has 2 atom stereocenters. The highest BCUT2D eigenvalue weighted by Crippen LogP contribution is 2.30. The van der Waals surface area contributed by atoms with Gasteiger partial charge in [-0.3, -0.25) is 19.3 Å². The lowest BCUT2D eigenvalue weighted by molar-refractivity contribution is -0.137. The van der Waals surface area contributed by atoms with Gasteiger partial charge in [0.2, 0.25) is 23.6 Å². The zero-order valence-electron chi connectivity index (χ0n) is 32.2. The number of likely N-dealkylation sites (N-methyl/N-ethyl adjacent to an activating group) is 1. The van der Waals surface area contributed by atoms with Crippen molar-refractivity contribution in [1.82, 2.24) is 29.7 Å². The van der Waals surface area contributed by atoms with Crippen LogP contribution in [0.4, 0.5) is 5.69 Å². The number of aromatic nitrogens is 3. The molecule has 0 bridgehead atoms. The number of imidazole rings is 1. The molecule has 11 heteroatoms. The van der Waals surface area contributed by atoms with Crippen LogP contribution >= 0.6 is 0 Å². The number of nitrogens with one attached hydrogen (secondary N) is 2. The number of fused-ring (bicyclic) bond motifs is 1. The minimum atomic E-state index is -0.402. The lowest BCUT2D eigenvalue weighted by atomic mass is 9.99. The van der Waals surface area contributed by atoms with Crippen molar-refractivity contribution in [3.63, 3.8) is 0 Å². The molecule has 0 spiro atoms. The Balaban J connectivity index is 1.13. The van der Waals surface area contributed by atoms with E-state index in [-0.39, 0.29) is 30.2 Å². The second-order valence-electron chi connectivity index (χ2n) is 14.0. The molecule has 3 amide bonds. The molecule has 2 heterocycles. The molecule has 4 aromatic carbocycles. The van der Waals surface area contributed by atoms with Crippen LogP contribution in [0.3, 0.4) is 0 Å². The van der Waals surface area contributed by atoms with Crippen molar-refractivity contribution >= 4 is 34.4 Å². The molecule has 11 nitrogen and oxygen atoms in total. The third-order valence-corrected chi connectivity index (χ3v) is 9.54. The van der Waals surface area contributed by atoms with Gasteiger partial charge in [0.05, 0.1) is 36.2 Å². The first-order valence-corrected chi connectivity index (χ1v) is 18.8. The highest BCUT2D eigenvalue weighted by Gasteiger charge is 2.28. The van der Waals surface area contributed by atoms with E-state index in [1.54, 1.807) is 17.2 Å². The second-order valence-corrected chi connectivity index (χ2v) is 14.0. The summed E-state index contributed by atoms with van der Waals surface area (Å²) in [5.41, 5.74) is 5.55. The molecule has 0 unspecified atom stereocenters. The first-order chi connectivity index (χ1) is 26.6. The molecule has 2 N–H and O–H groups in total. The monoisotopic (exact) mass is 739 g/mol. The van der Waals surface area contributed by atoms with Crippen LogP contribution in [0.5, 0.6) is 0 Å². The van der Waals surface area contributed by atoms with E-state index in [2.05, 4.69) is 22.2 Å². The fraction of sp³-hybridized carbons (Fsp3) is 0.295. The molecule has 55 heavy (non-hydrogen) atoms. The van der Waals surface area contributed by atoms with E-state index >= 15 is 0 Å². The number of carbonyl (C=O) groups is 3. The molecular formula is C44H49N7O4. The maximum absolute atomic E-state index is 13.9. The molecular weight excluding hydrogens is 691 g/mol. The van der Waals surface area contributed by atoms with E-state index in [0.717, 1.165) is 46.1 Å². The van der Waals surface area contributed by atoms with Gasteiger partial charge < -0.3 is 24.5 Å². The van der Waals surface area contributed by atoms with Gasteiger partial charge in [0, 0.05) is 29.9 Å². The standard InChI is InChI=1S/C44H49N7O4/c1-6-23-50(44(54)41(49(4)5)32-17-12-9-13-18-32)28-39-47-36-22-21-34(26-37(36)48-39)42-45-27-38(55-42)33-19-14-20-35(25-33)46-40(52)29-51(24-7-2)43(53)30(3)31-15-10-8-11-16-31/h8-22,25-27,30,41H,6-7,23-24,28-29H2,1-5H3,(H,46,52)(H,47,48)/t30-,41-/m1/s1. The molecule has 0 aliphatic heterocycles. The van der Waals surface area contributed by atoms with E-state index in [4.69, 9.17) is 9.40 Å². The summed E-state index contributed by atoms with van der Waals surface area (Å²) >= 11 is 0. The number of aromatic amines is 1. The highest BCUT2D eigenvalue weighted by molar-refractivity contribution is 5.96. The Kier molecular flexibility index (Phi) is 12.5. The Hall–Kier alpha value is -6.07. The Labute approximate surface area is 322 Å². The third kappa shape index (κ3) is 9.36. The molecule has 0 aliphatic rings. The summed E-state index contributed by atoms with van der Waals surface area (Å²) in [6.45, 7) is 7.32. The Morgan fingerprint density at radius 2 is 1.47 bits per heavy atom. The van der Waals surface area contributed by atoms with Gasteiger partial charge in [-0.2, -0.15) is 0 Å². The maximum Gasteiger partial charge on any atom is 0.244 e. The number of amides is 3. The van der Waals surface area contributed by atoms with E-state index < -0.39 is 6.04 Å². The first kappa shape index (κ1) is 38.6. The van der Waals surface area contributed by atoms with Crippen molar-refractivity contribution in [3.05, 3.63) is 126 Å². The van der Waals surface area contributed by atoms with Crippen molar-refractivity contribution in [2.75, 3.05) is 39.0 Å². The second kappa shape index (κ2) is 17.8. The van der Waals surface area contributed by atoms with Gasteiger partial charge in [0.15, 0.2) is 5.76 Å². The average molecular weight is 740 g/mol. The SMILES string of the molecule is CCCN(CC(=O)Nc1cccc(-c2cnc(-c3ccc4nc(CN(CCC)C(=O)[C@@H](c5ccccc5)N(C)C)[nH]c4c3)o2)c1)C(=O)[C@H](C)c1ccccc1. The molecule has 2 aromatic heterocycles. The number of carbonyl (C=O) groups excluding carboxylic acids is 3. The number of anilines is 1. The number of hydrogen-bond donors (Lipinski definition) is 2. The first-order valence-electron chi connectivity index (χ1n) is 18.8. The smallest absolute Gasteiger partial charge is 0.244 e. The Morgan fingerprint density at radius 1 is 0.782 bits per heavy atom. The number of rotatable bonds is 16. The molecule has 0 fully saturated rings. The lowest BCUT2D eigenvalue weighted by Crippen LogP contribution is -2.40. The molecule has 284 valence electrons. The highest BCUT2D eigenvalue weighted by atomic mass is 16.4. The molecule has 6 rings (SSSR count). The molecule has 0 saturated carbocycles. The largest absolute Gasteiger partial charge is 0.436 e. The van der Waals surface area contributed by atoms with Gasteiger partial charge in [-0.05, 0) is 75.3 Å². The topological polar surface area (TPSA) is 128 Å². The quantitative estimate of drug-likeness (QED) is 0.103. The summed E-state index contributed by atoms with van der Waals surface area (Å²) < 4.78 is 6.22. The minimum Gasteiger partial charge on any atom is -0.436 e. The van der Waals surface area contributed by atoms with Crippen LogP contribution in [0.15, 0.2) is 114 Å². The zero-order chi connectivity index (χ0) is 38.9. The van der Waals surface area contributed by atoms with Crippen molar-refractivity contribution < 1.29 is 18.8 Å². The number of benzene rings is 4. The fourth-order valence-electron chi connectivity index (χ4n) is 6.82. The fourth-order valence-corrected chi connectivity index (χ4v) is 6.82. The van der Waals surface area contributed by atoms with Crippen LogP contribution in [0.2, 0.25) is 0 Å². The van der Waals surface area contributed by atoms with E-state index in [0.29, 0.717) is 42.8 Å². The van der Waals surface area contributed by atoms with E-state index in [1.165, 1.54) is 0 Å². The van der Waals surface area contributed by atoms with Gasteiger partial charge in [-0.25, -0.2) is 9.97 Å². The van der Waals surface area contributed by atoms with Gasteiger partial charge in [0.25, 0.3) is 0 Å². The summed E-state index contributed by atoms with van der Waals surface area (Å²) in [5, 5.41) is 2.95. The summed E-state index contributed by atoms with van der Waals surface area (Å²) in [6.07, 6.45) is 3.22. The third-order valence-electron chi connectivity index (χ3n) is 9.54. The minimum absolute atomic E-state index is 0.0252. The molecule has 0 aliphatic carbocycles. The summed E-state index contributed by atoms with van der Waals surface area (Å²) in [7, 11) is 3.85. The predicted octanol–water partition coefficient (Wildman–Crippen LogP) is 7.91. The van der Waals surface area contributed by atoms with Crippen LogP contribution in [0.25, 0.3) is 33.8 Å². The number of nitrogens with zero attached hydrogens (tertiary/aromatic N) is 5. The average Bonchev–Trinajstić information content (AvgIpc) is 3.85.